The van der Waals surface area contributed by atoms with Gasteiger partial charge in [0.05, 0.1) is 5.76 Å². The molecule has 4 heteroatoms. The van der Waals surface area contributed by atoms with E-state index >= 15 is 0 Å². The smallest absolute Gasteiger partial charge is 0.155 e. The summed E-state index contributed by atoms with van der Waals surface area (Å²) >= 11 is 0. The number of benzene rings is 2. The van der Waals surface area contributed by atoms with E-state index in [-0.39, 0.29) is 31.6 Å². The summed E-state index contributed by atoms with van der Waals surface area (Å²) in [4.78, 5) is 14.5. The molecule has 3 aromatic rings. The number of aromatic nitrogens is 1. The number of hydrogen-bond donors (Lipinski definition) is 1. The van der Waals surface area contributed by atoms with E-state index in [0.717, 1.165) is 11.3 Å². The van der Waals surface area contributed by atoms with Gasteiger partial charge < -0.3 is 10.1 Å². The first-order valence-corrected chi connectivity index (χ1v) is 9.17. The van der Waals surface area contributed by atoms with Crippen molar-refractivity contribution in [3.8, 4) is 22.4 Å². The van der Waals surface area contributed by atoms with E-state index in [0.29, 0.717) is 0 Å². The van der Waals surface area contributed by atoms with Gasteiger partial charge in [0, 0.05) is 32.4 Å². The van der Waals surface area contributed by atoms with Crippen LogP contribution in [0.2, 0.25) is 0 Å². The van der Waals surface area contributed by atoms with Crippen molar-refractivity contribution in [3.63, 3.8) is 0 Å². The molecule has 0 fully saturated rings. The number of nitrogens with zero attached hydrogens (tertiary/aromatic N) is 1. The number of hydrogen-bond acceptors (Lipinski definition) is 3. The van der Waals surface area contributed by atoms with Crippen molar-refractivity contribution in [1.29, 1.82) is 0 Å². The van der Waals surface area contributed by atoms with Crippen molar-refractivity contribution in [3.05, 3.63) is 89.3 Å². The molecule has 1 aromatic heterocycles. The number of rotatable bonds is 3. The molecule has 0 aliphatic heterocycles. The van der Waals surface area contributed by atoms with Gasteiger partial charge in [0.25, 0.3) is 0 Å². The molecule has 3 rings (SSSR count). The molecule has 1 heterocycles. The molecule has 29 heavy (non-hydrogen) atoms. The van der Waals surface area contributed by atoms with Gasteiger partial charge in [0.15, 0.2) is 5.78 Å². The second-order valence-electron chi connectivity index (χ2n) is 6.84. The largest absolute Gasteiger partial charge is 0.512 e. The van der Waals surface area contributed by atoms with Crippen molar-refractivity contribution in [2.75, 3.05) is 0 Å². The second-order valence-corrected chi connectivity index (χ2v) is 6.84. The molecule has 1 radical (unpaired) electrons. The molecule has 1 N–H and O–H groups in total. The van der Waals surface area contributed by atoms with E-state index in [4.69, 9.17) is 5.11 Å². The van der Waals surface area contributed by atoms with Crippen LogP contribution in [0.4, 0.5) is 0 Å². The standard InChI is InChI=1S/C20H18N.C5H8O2.Ir/c1-14-11-19(12-15(2)16(14)3)18-9-10-21-20(13-18)17-7-5-4-6-8-17;1-4(6)3-5(2)7;/h4-7,9-13H,1-3H3;3,6H,1-2H3;/q-1;;/b;4-3-;. The minimum atomic E-state index is -0.125. The molecular weight excluding hydrogens is 538 g/mol. The van der Waals surface area contributed by atoms with E-state index in [1.165, 1.54) is 47.7 Å². The van der Waals surface area contributed by atoms with Crippen LogP contribution in [0.5, 0.6) is 0 Å². The first kappa shape index (κ1) is 24.5. The van der Waals surface area contributed by atoms with Crippen LogP contribution in [0.1, 0.15) is 30.5 Å². The summed E-state index contributed by atoms with van der Waals surface area (Å²) < 4.78 is 0. The van der Waals surface area contributed by atoms with Crippen LogP contribution in [0.25, 0.3) is 22.4 Å². The van der Waals surface area contributed by atoms with Crippen LogP contribution in [0.3, 0.4) is 0 Å². The molecular formula is C25H26IrNO2-. The predicted molar refractivity (Wildman–Crippen MR) is 115 cm³/mol. The minimum absolute atomic E-state index is 0. The van der Waals surface area contributed by atoms with Crippen LogP contribution in [0, 0.1) is 26.8 Å². The monoisotopic (exact) mass is 565 g/mol. The quantitative estimate of drug-likeness (QED) is 0.235. The third-order valence-electron chi connectivity index (χ3n) is 4.42. The summed E-state index contributed by atoms with van der Waals surface area (Å²) in [5, 5.41) is 8.36. The van der Waals surface area contributed by atoms with Crippen molar-refractivity contribution < 1.29 is 30.0 Å². The Kier molecular flexibility index (Phi) is 9.67. The molecule has 0 aliphatic rings. The number of ketones is 1. The molecule has 0 spiro atoms. The first-order valence-electron chi connectivity index (χ1n) is 9.17. The number of aryl methyl sites for hydroxylation is 2. The maximum absolute atomic E-state index is 10.0. The Labute approximate surface area is 186 Å². The average molecular weight is 565 g/mol. The molecule has 0 saturated heterocycles. The molecule has 0 aliphatic carbocycles. The van der Waals surface area contributed by atoms with Crippen LogP contribution < -0.4 is 0 Å². The van der Waals surface area contributed by atoms with Gasteiger partial charge in [-0.2, -0.15) is 0 Å². The van der Waals surface area contributed by atoms with Gasteiger partial charge in [-0.25, -0.2) is 0 Å². The van der Waals surface area contributed by atoms with Crippen molar-refractivity contribution in [2.24, 2.45) is 0 Å². The van der Waals surface area contributed by atoms with Gasteiger partial charge in [-0.1, -0.05) is 18.2 Å². The van der Waals surface area contributed by atoms with E-state index in [9.17, 15) is 4.79 Å². The van der Waals surface area contributed by atoms with Crippen LogP contribution in [-0.2, 0) is 24.9 Å². The molecule has 2 aromatic carbocycles. The van der Waals surface area contributed by atoms with Crippen molar-refractivity contribution >= 4 is 5.78 Å². The number of aliphatic hydroxyl groups excluding tert-OH is 1. The molecule has 0 bridgehead atoms. The molecule has 0 atom stereocenters. The average Bonchev–Trinajstić information content (AvgIpc) is 2.66. The third-order valence-corrected chi connectivity index (χ3v) is 4.42. The Morgan fingerprint density at radius 3 is 2.14 bits per heavy atom. The summed E-state index contributed by atoms with van der Waals surface area (Å²) in [6.07, 6.45) is 3.04. The Bertz CT molecular complexity index is 968. The number of carbonyl (C=O) groups excluding carboxylic acids is 1. The summed E-state index contributed by atoms with van der Waals surface area (Å²) in [5.74, 6) is -0.0625. The molecule has 3 nitrogen and oxygen atoms in total. The Morgan fingerprint density at radius 2 is 1.66 bits per heavy atom. The fraction of sp³-hybridized carbons (Fsp3) is 0.200. The zero-order chi connectivity index (χ0) is 20.7. The van der Waals surface area contributed by atoms with Gasteiger partial charge in [0.1, 0.15) is 0 Å². The zero-order valence-corrected chi connectivity index (χ0v) is 19.8. The Hall–Kier alpha value is -2.55. The van der Waals surface area contributed by atoms with E-state index in [1.54, 1.807) is 0 Å². The summed E-state index contributed by atoms with van der Waals surface area (Å²) in [7, 11) is 0. The molecule has 0 amide bonds. The van der Waals surface area contributed by atoms with E-state index in [2.05, 4.69) is 56.1 Å². The van der Waals surface area contributed by atoms with Gasteiger partial charge in [0.2, 0.25) is 0 Å². The topological polar surface area (TPSA) is 50.2 Å². The van der Waals surface area contributed by atoms with Gasteiger partial charge in [-0.3, -0.25) is 4.79 Å². The fourth-order valence-electron chi connectivity index (χ4n) is 2.81. The van der Waals surface area contributed by atoms with E-state index in [1.807, 2.05) is 30.5 Å². The number of aliphatic hydroxyl groups is 1. The van der Waals surface area contributed by atoms with Crippen molar-refractivity contribution in [1.82, 2.24) is 4.98 Å². The number of pyridine rings is 1. The molecule has 0 saturated carbocycles. The molecule has 153 valence electrons. The van der Waals surface area contributed by atoms with Crippen LogP contribution in [-0.4, -0.2) is 15.9 Å². The minimum Gasteiger partial charge on any atom is -0.512 e. The SMILES string of the molecule is CC(=O)/C=C(/C)O.Cc1cc(-c2ccnc(-c3[c-]cccc3)c2)cc(C)c1C.[Ir]. The number of allylic oxidation sites excluding steroid dienone is 2. The predicted octanol–water partition coefficient (Wildman–Crippen LogP) is 6.18. The van der Waals surface area contributed by atoms with Gasteiger partial charge in [-0.15, -0.1) is 35.9 Å². The first-order chi connectivity index (χ1) is 13.3. The Morgan fingerprint density at radius 1 is 1.00 bits per heavy atom. The van der Waals surface area contributed by atoms with Gasteiger partial charge in [-0.05, 0) is 74.2 Å². The third kappa shape index (κ3) is 7.41. The second kappa shape index (κ2) is 11.5. The maximum Gasteiger partial charge on any atom is 0.155 e. The fourth-order valence-corrected chi connectivity index (χ4v) is 2.81. The summed E-state index contributed by atoms with van der Waals surface area (Å²) in [6, 6.07) is 19.9. The van der Waals surface area contributed by atoms with Gasteiger partial charge >= 0.3 is 0 Å². The van der Waals surface area contributed by atoms with Crippen LogP contribution >= 0.6 is 0 Å². The maximum atomic E-state index is 10.0. The summed E-state index contributed by atoms with van der Waals surface area (Å²) in [6.45, 7) is 9.35. The van der Waals surface area contributed by atoms with Crippen molar-refractivity contribution in [2.45, 2.75) is 34.6 Å². The number of carbonyl (C=O) groups is 1. The summed E-state index contributed by atoms with van der Waals surface area (Å²) in [5.41, 5.74) is 8.45. The molecule has 0 unspecified atom stereocenters. The van der Waals surface area contributed by atoms with Crippen LogP contribution in [0.15, 0.2) is 66.6 Å². The normalized spacial score (nSPS) is 10.4. The van der Waals surface area contributed by atoms with E-state index < -0.39 is 0 Å². The Balaban J connectivity index is 0.000000456. The zero-order valence-electron chi connectivity index (χ0n) is 17.4.